The molecule has 114 valence electrons. The van der Waals surface area contributed by atoms with E-state index in [2.05, 4.69) is 4.98 Å². The molecule has 1 aromatic rings. The lowest BCUT2D eigenvalue weighted by Gasteiger charge is -2.17. The second-order valence-electron chi connectivity index (χ2n) is 5.07. The molecule has 0 fully saturated rings. The predicted octanol–water partition coefficient (Wildman–Crippen LogP) is 0.00430. The Bertz CT molecular complexity index is 662. The summed E-state index contributed by atoms with van der Waals surface area (Å²) in [5, 5.41) is 0. The van der Waals surface area contributed by atoms with Crippen LogP contribution in [0.2, 0.25) is 0 Å². The molecule has 0 saturated carbocycles. The van der Waals surface area contributed by atoms with Gasteiger partial charge in [-0.25, -0.2) is 14.4 Å². The zero-order valence-corrected chi connectivity index (χ0v) is 11.9. The van der Waals surface area contributed by atoms with Crippen molar-refractivity contribution in [3.05, 3.63) is 44.8 Å². The molecule has 1 rings (SSSR count). The second-order valence-corrected chi connectivity index (χ2v) is 5.07. The van der Waals surface area contributed by atoms with E-state index >= 15 is 0 Å². The van der Waals surface area contributed by atoms with Crippen molar-refractivity contribution in [2.24, 2.45) is 0 Å². The summed E-state index contributed by atoms with van der Waals surface area (Å²) in [7, 11) is 0. The number of hydrogen-bond acceptors (Lipinski definition) is 6. The van der Waals surface area contributed by atoms with Gasteiger partial charge in [-0.3, -0.25) is 9.78 Å². The molecule has 0 aliphatic rings. The number of aromatic nitrogens is 2. The third kappa shape index (κ3) is 6.37. The lowest BCUT2D eigenvalue weighted by atomic mass is 10.2. The van der Waals surface area contributed by atoms with Gasteiger partial charge in [-0.05, 0) is 20.8 Å². The first-order valence-corrected chi connectivity index (χ1v) is 6.06. The Morgan fingerprint density at radius 3 is 2.38 bits per heavy atom. The predicted molar refractivity (Wildman–Crippen MR) is 72.5 cm³/mol. The highest BCUT2D eigenvalue weighted by Crippen LogP contribution is 2.07. The molecular formula is C13H16N2O6. The maximum atomic E-state index is 11.4. The van der Waals surface area contributed by atoms with Gasteiger partial charge in [-0.15, -0.1) is 0 Å². The van der Waals surface area contributed by atoms with Crippen LogP contribution in [0, 0.1) is 0 Å². The normalized spacial score (nSPS) is 11.4. The number of esters is 2. The molecule has 0 bridgehead atoms. The highest BCUT2D eigenvalue weighted by molar-refractivity contribution is 5.91. The summed E-state index contributed by atoms with van der Waals surface area (Å²) in [5.74, 6) is -1.49. The lowest BCUT2D eigenvalue weighted by molar-refractivity contribution is -0.149. The fraction of sp³-hybridized carbons (Fsp3) is 0.385. The van der Waals surface area contributed by atoms with E-state index in [-0.39, 0.29) is 12.2 Å². The first-order chi connectivity index (χ1) is 9.67. The standard InChI is InChI=1S/C13H16N2O6/c1-13(2,3)21-10(17)5-4-9(16)20-7-8-6-14-12(19)15-11(8)18/h4-6H,7H2,1-3H3,(H2,14,15,18,19). The van der Waals surface area contributed by atoms with E-state index in [4.69, 9.17) is 9.47 Å². The number of H-pyrrole nitrogens is 2. The summed E-state index contributed by atoms with van der Waals surface area (Å²) in [4.78, 5) is 49.0. The Kier molecular flexibility index (Phi) is 5.23. The molecule has 0 radical (unpaired) electrons. The molecule has 8 nitrogen and oxygen atoms in total. The molecule has 0 aliphatic carbocycles. The van der Waals surface area contributed by atoms with Crippen molar-refractivity contribution in [3.8, 4) is 0 Å². The fourth-order valence-corrected chi connectivity index (χ4v) is 1.21. The Morgan fingerprint density at radius 2 is 1.81 bits per heavy atom. The fourth-order valence-electron chi connectivity index (χ4n) is 1.21. The number of carbonyl (C=O) groups excluding carboxylic acids is 2. The second kappa shape index (κ2) is 6.69. The van der Waals surface area contributed by atoms with Crippen LogP contribution in [0.3, 0.4) is 0 Å². The number of hydrogen-bond donors (Lipinski definition) is 2. The molecular weight excluding hydrogens is 280 g/mol. The third-order valence-electron chi connectivity index (χ3n) is 2.03. The number of carbonyl (C=O) groups is 2. The van der Waals surface area contributed by atoms with Gasteiger partial charge in [0.05, 0.1) is 5.56 Å². The zero-order chi connectivity index (χ0) is 16.0. The van der Waals surface area contributed by atoms with E-state index in [0.717, 1.165) is 18.3 Å². The van der Waals surface area contributed by atoms with Crippen molar-refractivity contribution in [1.29, 1.82) is 0 Å². The summed E-state index contributed by atoms with van der Waals surface area (Å²) >= 11 is 0. The van der Waals surface area contributed by atoms with Crippen LogP contribution < -0.4 is 11.2 Å². The van der Waals surface area contributed by atoms with Crippen molar-refractivity contribution in [1.82, 2.24) is 9.97 Å². The van der Waals surface area contributed by atoms with Crippen molar-refractivity contribution in [3.63, 3.8) is 0 Å². The first kappa shape index (κ1) is 16.4. The summed E-state index contributed by atoms with van der Waals surface area (Å²) in [6.07, 6.45) is 2.98. The van der Waals surface area contributed by atoms with Gasteiger partial charge in [0, 0.05) is 18.3 Å². The molecule has 0 spiro atoms. The molecule has 8 heteroatoms. The highest BCUT2D eigenvalue weighted by Gasteiger charge is 2.14. The van der Waals surface area contributed by atoms with Gasteiger partial charge in [0.1, 0.15) is 12.2 Å². The number of nitrogens with one attached hydrogen (secondary N) is 2. The monoisotopic (exact) mass is 296 g/mol. The molecule has 0 amide bonds. The van der Waals surface area contributed by atoms with Crippen LogP contribution in [0.1, 0.15) is 26.3 Å². The smallest absolute Gasteiger partial charge is 0.331 e. The van der Waals surface area contributed by atoms with Gasteiger partial charge in [0.25, 0.3) is 5.56 Å². The number of rotatable bonds is 4. The molecule has 0 aliphatic heterocycles. The Balaban J connectivity index is 2.53. The van der Waals surface area contributed by atoms with Crippen LogP contribution in [-0.4, -0.2) is 27.5 Å². The van der Waals surface area contributed by atoms with Gasteiger partial charge in [0.2, 0.25) is 0 Å². The lowest BCUT2D eigenvalue weighted by Crippen LogP contribution is -2.25. The summed E-state index contributed by atoms with van der Waals surface area (Å²) in [5.41, 5.74) is -1.88. The van der Waals surface area contributed by atoms with Gasteiger partial charge in [-0.2, -0.15) is 0 Å². The molecule has 0 saturated heterocycles. The average Bonchev–Trinajstić information content (AvgIpc) is 2.33. The van der Waals surface area contributed by atoms with E-state index in [0.29, 0.717) is 0 Å². The van der Waals surface area contributed by atoms with Crippen LogP contribution in [-0.2, 0) is 25.7 Å². The van der Waals surface area contributed by atoms with Gasteiger partial charge in [0.15, 0.2) is 0 Å². The van der Waals surface area contributed by atoms with Crippen LogP contribution in [0.15, 0.2) is 27.9 Å². The molecule has 0 unspecified atom stereocenters. The van der Waals surface area contributed by atoms with Crippen LogP contribution in [0.5, 0.6) is 0 Å². The molecule has 1 heterocycles. The largest absolute Gasteiger partial charge is 0.457 e. The van der Waals surface area contributed by atoms with Crippen LogP contribution in [0.25, 0.3) is 0 Å². The SMILES string of the molecule is CC(C)(C)OC(=O)C=CC(=O)OCc1c[nH]c(=O)[nH]c1=O. The minimum absolute atomic E-state index is 0.0774. The minimum Gasteiger partial charge on any atom is -0.457 e. The molecule has 0 aromatic carbocycles. The van der Waals surface area contributed by atoms with Crippen molar-refractivity contribution in [2.45, 2.75) is 33.0 Å². The zero-order valence-electron chi connectivity index (χ0n) is 11.9. The van der Waals surface area contributed by atoms with Crippen molar-refractivity contribution < 1.29 is 19.1 Å². The summed E-state index contributed by atoms with van der Waals surface area (Å²) < 4.78 is 9.71. The number of aromatic amines is 2. The highest BCUT2D eigenvalue weighted by atomic mass is 16.6. The van der Waals surface area contributed by atoms with Gasteiger partial charge in [-0.1, -0.05) is 0 Å². The van der Waals surface area contributed by atoms with Crippen LogP contribution in [0.4, 0.5) is 0 Å². The molecule has 21 heavy (non-hydrogen) atoms. The third-order valence-corrected chi connectivity index (χ3v) is 2.03. The quantitative estimate of drug-likeness (QED) is 0.596. The Morgan fingerprint density at radius 1 is 1.19 bits per heavy atom. The maximum Gasteiger partial charge on any atom is 0.331 e. The Hall–Kier alpha value is -2.64. The topological polar surface area (TPSA) is 118 Å². The molecule has 0 atom stereocenters. The van der Waals surface area contributed by atoms with Gasteiger partial charge < -0.3 is 14.5 Å². The molecule has 1 aromatic heterocycles. The van der Waals surface area contributed by atoms with E-state index in [1.807, 2.05) is 4.98 Å². The van der Waals surface area contributed by atoms with E-state index in [9.17, 15) is 19.2 Å². The summed E-state index contributed by atoms with van der Waals surface area (Å²) in [6, 6.07) is 0. The van der Waals surface area contributed by atoms with E-state index in [1.165, 1.54) is 0 Å². The van der Waals surface area contributed by atoms with Crippen molar-refractivity contribution in [2.75, 3.05) is 0 Å². The minimum atomic E-state index is -0.813. The summed E-state index contributed by atoms with van der Waals surface area (Å²) in [6.45, 7) is 4.75. The average molecular weight is 296 g/mol. The van der Waals surface area contributed by atoms with Gasteiger partial charge >= 0.3 is 17.6 Å². The van der Waals surface area contributed by atoms with E-state index < -0.39 is 28.8 Å². The van der Waals surface area contributed by atoms with E-state index in [1.54, 1.807) is 20.8 Å². The molecule has 2 N–H and O–H groups in total. The van der Waals surface area contributed by atoms with Crippen LogP contribution >= 0.6 is 0 Å². The first-order valence-electron chi connectivity index (χ1n) is 6.06. The number of ether oxygens (including phenoxy) is 2. The van der Waals surface area contributed by atoms with Crippen molar-refractivity contribution >= 4 is 11.9 Å². The Labute approximate surface area is 119 Å². The maximum absolute atomic E-state index is 11.4.